The number of hydrogen-bond donors (Lipinski definition) is 3. The van der Waals surface area contributed by atoms with E-state index in [0.29, 0.717) is 28.9 Å². The summed E-state index contributed by atoms with van der Waals surface area (Å²) in [5, 5.41) is 23.5. The average molecular weight is 525 g/mol. The van der Waals surface area contributed by atoms with Gasteiger partial charge in [-0.2, -0.15) is 0 Å². The largest absolute Gasteiger partial charge is 0.493 e. The Morgan fingerprint density at radius 2 is 1.95 bits per heavy atom. The van der Waals surface area contributed by atoms with Crippen LogP contribution in [0.5, 0.6) is 11.5 Å². The molecule has 4 unspecified atom stereocenters. The minimum absolute atomic E-state index is 0.0204. The first-order valence-electron chi connectivity index (χ1n) is 12.4. The van der Waals surface area contributed by atoms with E-state index < -0.39 is 30.1 Å². The van der Waals surface area contributed by atoms with Crippen LogP contribution in [0.2, 0.25) is 0 Å². The number of fused-ring (bicyclic) bond motifs is 3. The van der Waals surface area contributed by atoms with Gasteiger partial charge in [-0.05, 0) is 23.8 Å². The number of benzene rings is 2. The van der Waals surface area contributed by atoms with Crippen molar-refractivity contribution in [2.45, 2.75) is 30.6 Å². The van der Waals surface area contributed by atoms with Gasteiger partial charge in [0.2, 0.25) is 11.8 Å². The molecule has 2 amide bonds. The van der Waals surface area contributed by atoms with Gasteiger partial charge in [0.25, 0.3) is 0 Å². The molecule has 1 heterocycles. The Labute approximate surface area is 220 Å². The van der Waals surface area contributed by atoms with Gasteiger partial charge in [-0.3, -0.25) is 14.4 Å². The second-order valence-electron chi connectivity index (χ2n) is 9.14. The zero-order chi connectivity index (χ0) is 27.2. The number of aliphatic hydroxyl groups is 2. The van der Waals surface area contributed by atoms with Gasteiger partial charge < -0.3 is 34.6 Å². The summed E-state index contributed by atoms with van der Waals surface area (Å²) in [5.74, 6) is -0.822. The van der Waals surface area contributed by atoms with Crippen molar-refractivity contribution in [2.24, 2.45) is 0 Å². The average Bonchev–Trinajstić information content (AvgIpc) is 3.33. The van der Waals surface area contributed by atoms with E-state index in [9.17, 15) is 24.6 Å². The smallest absolute Gasteiger partial charge is 0.247 e. The molecule has 38 heavy (non-hydrogen) atoms. The maximum Gasteiger partial charge on any atom is 0.247 e. The number of amides is 2. The summed E-state index contributed by atoms with van der Waals surface area (Å²) in [6.07, 6.45) is 0.208. The minimum atomic E-state index is -1.21. The Hall–Kier alpha value is -3.73. The second-order valence-corrected chi connectivity index (χ2v) is 9.14. The van der Waals surface area contributed by atoms with Crippen molar-refractivity contribution in [3.05, 3.63) is 70.8 Å². The number of hydrogen-bond acceptors (Lipinski definition) is 8. The Balaban J connectivity index is 1.77. The third kappa shape index (κ3) is 5.42. The topological polar surface area (TPSA) is 135 Å². The summed E-state index contributed by atoms with van der Waals surface area (Å²) in [6.45, 7) is 0.154. The molecule has 0 bridgehead atoms. The van der Waals surface area contributed by atoms with Crippen LogP contribution >= 0.6 is 0 Å². The van der Waals surface area contributed by atoms with Gasteiger partial charge >= 0.3 is 0 Å². The number of rotatable bonds is 11. The number of carbonyl (C=O) groups is 3. The molecule has 0 saturated heterocycles. The zero-order valence-corrected chi connectivity index (χ0v) is 21.3. The molecule has 202 valence electrons. The van der Waals surface area contributed by atoms with Crippen LogP contribution in [0.25, 0.3) is 0 Å². The number of nitrogens with one attached hydrogen (secondary N) is 1. The molecule has 4 rings (SSSR count). The van der Waals surface area contributed by atoms with Crippen LogP contribution in [0.1, 0.15) is 27.4 Å². The maximum atomic E-state index is 13.5. The fourth-order valence-corrected chi connectivity index (χ4v) is 5.06. The molecule has 0 fully saturated rings. The third-order valence-electron chi connectivity index (χ3n) is 6.83. The van der Waals surface area contributed by atoms with Gasteiger partial charge in [-0.1, -0.05) is 30.3 Å². The monoisotopic (exact) mass is 524 g/mol. The molecule has 4 atom stereocenters. The van der Waals surface area contributed by atoms with Crippen molar-refractivity contribution in [3.63, 3.8) is 0 Å². The quantitative estimate of drug-likeness (QED) is 0.369. The molecule has 3 N–H and O–H groups in total. The molecule has 0 aromatic heterocycles. The highest BCUT2D eigenvalue weighted by Gasteiger charge is 2.51. The molecule has 2 aromatic carbocycles. The summed E-state index contributed by atoms with van der Waals surface area (Å²) in [4.78, 5) is 39.9. The van der Waals surface area contributed by atoms with Crippen molar-refractivity contribution in [1.29, 1.82) is 0 Å². The molecule has 0 saturated carbocycles. The first kappa shape index (κ1) is 27.3. The highest BCUT2D eigenvalue weighted by molar-refractivity contribution is 5.96. The fourth-order valence-electron chi connectivity index (χ4n) is 5.06. The van der Waals surface area contributed by atoms with Crippen LogP contribution in [-0.4, -0.2) is 92.0 Å². The number of ether oxygens (including phenoxy) is 3. The number of aliphatic hydroxyl groups excluding tert-OH is 2. The van der Waals surface area contributed by atoms with Crippen LogP contribution in [0.4, 0.5) is 0 Å². The van der Waals surface area contributed by atoms with E-state index in [0.717, 1.165) is 5.56 Å². The Bertz CT molecular complexity index is 1200. The molecule has 1 aliphatic heterocycles. The van der Waals surface area contributed by atoms with E-state index in [4.69, 9.17) is 14.2 Å². The first-order chi connectivity index (χ1) is 18.4. The van der Waals surface area contributed by atoms with Gasteiger partial charge in [0.05, 0.1) is 38.7 Å². The highest BCUT2D eigenvalue weighted by atomic mass is 16.5. The lowest BCUT2D eigenvalue weighted by Gasteiger charge is -2.40. The first-order valence-corrected chi connectivity index (χ1v) is 12.4. The molecule has 0 radical (unpaired) electrons. The highest BCUT2D eigenvalue weighted by Crippen LogP contribution is 2.51. The van der Waals surface area contributed by atoms with E-state index >= 15 is 0 Å². The van der Waals surface area contributed by atoms with E-state index in [-0.39, 0.29) is 44.2 Å². The number of nitrogens with zero attached hydrogens (tertiary/aromatic N) is 1. The lowest BCUT2D eigenvalue weighted by molar-refractivity contribution is -0.137. The van der Waals surface area contributed by atoms with Gasteiger partial charge in [0.15, 0.2) is 11.5 Å². The third-order valence-corrected chi connectivity index (χ3v) is 6.83. The van der Waals surface area contributed by atoms with Crippen LogP contribution in [0.15, 0.2) is 54.1 Å². The van der Waals surface area contributed by atoms with E-state index in [1.165, 1.54) is 25.2 Å². The van der Waals surface area contributed by atoms with Gasteiger partial charge in [-0.25, -0.2) is 0 Å². The van der Waals surface area contributed by atoms with Crippen LogP contribution in [0, 0.1) is 0 Å². The predicted octanol–water partition coefficient (Wildman–Crippen LogP) is 0.848. The molecule has 1 aliphatic carbocycles. The molecule has 2 aromatic rings. The predicted molar refractivity (Wildman–Crippen MR) is 137 cm³/mol. The SMILES string of the molecule is COCCN(C(=O)Cc1ccccc1)C1C=C(C(=O)NCCO)C2c3cc(C=O)cc(OC)c3OC2C1O. The van der Waals surface area contributed by atoms with Gasteiger partial charge in [-0.15, -0.1) is 0 Å². The Kier molecular flexibility index (Phi) is 8.77. The fraction of sp³-hybridized carbons (Fsp3) is 0.393. The van der Waals surface area contributed by atoms with E-state index in [1.807, 2.05) is 30.3 Å². The summed E-state index contributed by atoms with van der Waals surface area (Å²) in [7, 11) is 2.96. The van der Waals surface area contributed by atoms with Crippen molar-refractivity contribution in [2.75, 3.05) is 40.5 Å². The van der Waals surface area contributed by atoms with Crippen LogP contribution < -0.4 is 14.8 Å². The molecule has 10 heteroatoms. The molecule has 10 nitrogen and oxygen atoms in total. The number of aldehydes is 1. The van der Waals surface area contributed by atoms with Crippen molar-refractivity contribution >= 4 is 18.1 Å². The lowest BCUT2D eigenvalue weighted by Crippen LogP contribution is -2.56. The van der Waals surface area contributed by atoms with Crippen molar-refractivity contribution < 1.29 is 38.8 Å². The van der Waals surface area contributed by atoms with Crippen molar-refractivity contribution in [1.82, 2.24) is 10.2 Å². The Morgan fingerprint density at radius 3 is 2.61 bits per heavy atom. The lowest BCUT2D eigenvalue weighted by atomic mass is 9.77. The molecular formula is C28H32N2O8. The molecule has 2 aliphatic rings. The second kappa shape index (κ2) is 12.2. The maximum absolute atomic E-state index is 13.5. The zero-order valence-electron chi connectivity index (χ0n) is 21.3. The van der Waals surface area contributed by atoms with Crippen molar-refractivity contribution in [3.8, 4) is 11.5 Å². The van der Waals surface area contributed by atoms with Crippen LogP contribution in [0.3, 0.4) is 0 Å². The number of methoxy groups -OCH3 is 2. The summed E-state index contributed by atoms with van der Waals surface area (Å²) in [5.41, 5.74) is 1.93. The number of carbonyl (C=O) groups excluding carboxylic acids is 3. The summed E-state index contributed by atoms with van der Waals surface area (Å²) in [6, 6.07) is 11.5. The minimum Gasteiger partial charge on any atom is -0.493 e. The summed E-state index contributed by atoms with van der Waals surface area (Å²) < 4.78 is 16.9. The van der Waals surface area contributed by atoms with E-state index in [1.54, 1.807) is 12.1 Å². The van der Waals surface area contributed by atoms with Gasteiger partial charge in [0.1, 0.15) is 18.5 Å². The van der Waals surface area contributed by atoms with E-state index in [2.05, 4.69) is 5.32 Å². The normalized spacial score (nSPS) is 21.4. The molecular weight excluding hydrogens is 492 g/mol. The Morgan fingerprint density at radius 1 is 1.18 bits per heavy atom. The molecule has 0 spiro atoms. The standard InChI is InChI=1S/C28H32N2O8/c1-36-11-9-30(23(33)14-17-6-4-3-5-7-17)21-15-20(28(35)29-8-10-31)24-19-12-18(16-32)13-22(37-2)26(19)38-27(24)25(21)34/h3-7,12-13,15-16,21,24-25,27,31,34H,8-11,14H2,1-2H3,(H,29,35). The summed E-state index contributed by atoms with van der Waals surface area (Å²) >= 11 is 0. The van der Waals surface area contributed by atoms with Gasteiger partial charge in [0, 0.05) is 36.9 Å². The van der Waals surface area contributed by atoms with Crippen LogP contribution in [-0.2, 0) is 20.7 Å².